The Hall–Kier alpha value is -2.82. The van der Waals surface area contributed by atoms with Crippen molar-refractivity contribution in [3.05, 3.63) is 46.2 Å². The average molecular weight is 368 g/mol. The van der Waals surface area contributed by atoms with Crippen molar-refractivity contribution in [1.82, 2.24) is 25.2 Å². The second-order valence-electron chi connectivity index (χ2n) is 5.06. The minimum Gasteiger partial charge on any atom is -0.295 e. The molecule has 3 aromatic rings. The molecule has 25 heavy (non-hydrogen) atoms. The zero-order chi connectivity index (χ0) is 18.2. The van der Waals surface area contributed by atoms with Gasteiger partial charge in [0.05, 0.1) is 16.9 Å². The van der Waals surface area contributed by atoms with Crippen LogP contribution in [0.3, 0.4) is 0 Å². The van der Waals surface area contributed by atoms with Gasteiger partial charge in [-0.2, -0.15) is 13.2 Å². The molecular formula is C14H11F3N6OS. The van der Waals surface area contributed by atoms with Crippen LogP contribution in [0.2, 0.25) is 0 Å². The number of amides is 1. The highest BCUT2D eigenvalue weighted by molar-refractivity contribution is 7.15. The van der Waals surface area contributed by atoms with Crippen molar-refractivity contribution in [2.45, 2.75) is 20.0 Å². The van der Waals surface area contributed by atoms with E-state index in [0.29, 0.717) is 5.13 Å². The Labute approximate surface area is 143 Å². The number of aromatic nitrogens is 5. The second-order valence-corrected chi connectivity index (χ2v) is 6.27. The van der Waals surface area contributed by atoms with Gasteiger partial charge in [-0.25, -0.2) is 4.98 Å². The summed E-state index contributed by atoms with van der Waals surface area (Å²) in [5.41, 5.74) is 0.269. The number of tetrazole rings is 1. The predicted octanol–water partition coefficient (Wildman–Crippen LogP) is 3.01. The largest absolute Gasteiger partial charge is 0.416 e. The molecular weight excluding hydrogens is 357 g/mol. The quantitative estimate of drug-likeness (QED) is 0.768. The molecule has 0 unspecified atom stereocenters. The van der Waals surface area contributed by atoms with E-state index in [0.717, 1.165) is 27.5 Å². The number of rotatable bonds is 3. The van der Waals surface area contributed by atoms with E-state index in [4.69, 9.17) is 0 Å². The molecule has 0 saturated heterocycles. The van der Waals surface area contributed by atoms with Crippen molar-refractivity contribution in [2.75, 3.05) is 5.32 Å². The summed E-state index contributed by atoms with van der Waals surface area (Å²) in [5, 5.41) is 14.1. The van der Waals surface area contributed by atoms with Crippen LogP contribution in [0, 0.1) is 13.8 Å². The van der Waals surface area contributed by atoms with Crippen LogP contribution in [-0.2, 0) is 6.18 Å². The van der Waals surface area contributed by atoms with Crippen LogP contribution in [0.25, 0.3) is 5.69 Å². The van der Waals surface area contributed by atoms with Gasteiger partial charge in [0, 0.05) is 4.88 Å². The third kappa shape index (κ3) is 3.65. The van der Waals surface area contributed by atoms with Gasteiger partial charge in [0.2, 0.25) is 0 Å². The highest BCUT2D eigenvalue weighted by Gasteiger charge is 2.30. The Kier molecular flexibility index (Phi) is 4.25. The van der Waals surface area contributed by atoms with Gasteiger partial charge < -0.3 is 0 Å². The Balaban J connectivity index is 1.76. The molecule has 7 nitrogen and oxygen atoms in total. The predicted molar refractivity (Wildman–Crippen MR) is 83.7 cm³/mol. The third-order valence-corrected chi connectivity index (χ3v) is 4.28. The van der Waals surface area contributed by atoms with Crippen molar-refractivity contribution in [3.8, 4) is 5.69 Å². The molecule has 0 radical (unpaired) electrons. The summed E-state index contributed by atoms with van der Waals surface area (Å²) < 4.78 is 37.7. The number of carbonyl (C=O) groups excluding carboxylic acids is 1. The van der Waals surface area contributed by atoms with Crippen molar-refractivity contribution in [3.63, 3.8) is 0 Å². The number of aryl methyl sites for hydroxylation is 2. The first kappa shape index (κ1) is 17.0. The first-order valence-corrected chi connectivity index (χ1v) is 7.79. The number of benzene rings is 1. The van der Waals surface area contributed by atoms with Crippen molar-refractivity contribution < 1.29 is 18.0 Å². The maximum absolute atomic E-state index is 12.6. The van der Waals surface area contributed by atoms with E-state index in [-0.39, 0.29) is 11.5 Å². The van der Waals surface area contributed by atoms with Crippen LogP contribution < -0.4 is 5.32 Å². The third-order valence-electron chi connectivity index (χ3n) is 3.29. The lowest BCUT2D eigenvalue weighted by Gasteiger charge is -2.06. The molecule has 2 aromatic heterocycles. The molecule has 1 amide bonds. The number of thiazole rings is 1. The summed E-state index contributed by atoms with van der Waals surface area (Å²) in [5.74, 6) is -0.822. The standard InChI is InChI=1S/C14H11F3N6OS/c1-7-8(2)25-13(18-7)19-12(24)11-20-22-23(21-11)10-5-3-9(4-6-10)14(15,16)17/h3-6H,1-2H3,(H,18,19,24). The van der Waals surface area contributed by atoms with Crippen LogP contribution >= 0.6 is 11.3 Å². The molecule has 0 aliphatic heterocycles. The van der Waals surface area contributed by atoms with E-state index in [1.54, 1.807) is 0 Å². The normalized spacial score (nSPS) is 11.6. The minimum atomic E-state index is -4.43. The minimum absolute atomic E-state index is 0.217. The van der Waals surface area contributed by atoms with Crippen molar-refractivity contribution >= 4 is 22.4 Å². The number of hydrogen-bond donors (Lipinski definition) is 1. The van der Waals surface area contributed by atoms with Crippen LogP contribution in [0.1, 0.15) is 26.8 Å². The van der Waals surface area contributed by atoms with Gasteiger partial charge in [0.15, 0.2) is 5.13 Å². The SMILES string of the molecule is Cc1nc(NC(=O)c2nnn(-c3ccc(C(F)(F)F)cc3)n2)sc1C. The summed E-state index contributed by atoms with van der Waals surface area (Å²) in [6, 6.07) is 4.19. The number of alkyl halides is 3. The molecule has 0 aliphatic rings. The molecule has 1 aromatic carbocycles. The molecule has 2 heterocycles. The molecule has 130 valence electrons. The lowest BCUT2D eigenvalue weighted by molar-refractivity contribution is -0.137. The molecule has 0 atom stereocenters. The van der Waals surface area contributed by atoms with Gasteiger partial charge >= 0.3 is 6.18 Å². The molecule has 1 N–H and O–H groups in total. The van der Waals surface area contributed by atoms with Gasteiger partial charge in [0.25, 0.3) is 11.7 Å². The molecule has 0 spiro atoms. The van der Waals surface area contributed by atoms with Crippen molar-refractivity contribution in [2.24, 2.45) is 0 Å². The highest BCUT2D eigenvalue weighted by atomic mass is 32.1. The van der Waals surface area contributed by atoms with E-state index >= 15 is 0 Å². The maximum atomic E-state index is 12.6. The summed E-state index contributed by atoms with van der Waals surface area (Å²) in [6.45, 7) is 3.70. The zero-order valence-electron chi connectivity index (χ0n) is 13.0. The smallest absolute Gasteiger partial charge is 0.295 e. The molecule has 3 rings (SSSR count). The molecule has 0 fully saturated rings. The van der Waals surface area contributed by atoms with Gasteiger partial charge in [-0.15, -0.1) is 26.3 Å². The summed E-state index contributed by atoms with van der Waals surface area (Å²) >= 11 is 1.31. The van der Waals surface area contributed by atoms with Gasteiger partial charge in [-0.1, -0.05) is 0 Å². The fraction of sp³-hybridized carbons (Fsp3) is 0.214. The average Bonchev–Trinajstić information content (AvgIpc) is 3.14. The number of nitrogens with zero attached hydrogens (tertiary/aromatic N) is 5. The fourth-order valence-electron chi connectivity index (χ4n) is 1.88. The van der Waals surface area contributed by atoms with E-state index in [2.05, 4.69) is 25.7 Å². The van der Waals surface area contributed by atoms with Gasteiger partial charge in [-0.05, 0) is 43.3 Å². The van der Waals surface area contributed by atoms with Crippen LogP contribution in [0.5, 0.6) is 0 Å². The lowest BCUT2D eigenvalue weighted by atomic mass is 10.2. The molecule has 11 heteroatoms. The summed E-state index contributed by atoms with van der Waals surface area (Å²) in [4.78, 5) is 18.2. The van der Waals surface area contributed by atoms with Crippen LogP contribution in [0.15, 0.2) is 24.3 Å². The van der Waals surface area contributed by atoms with E-state index in [1.165, 1.54) is 23.5 Å². The molecule has 0 bridgehead atoms. The van der Waals surface area contributed by atoms with E-state index < -0.39 is 17.6 Å². The molecule has 0 saturated carbocycles. The van der Waals surface area contributed by atoms with Gasteiger partial charge in [-0.3, -0.25) is 10.1 Å². The fourth-order valence-corrected chi connectivity index (χ4v) is 2.69. The van der Waals surface area contributed by atoms with Gasteiger partial charge in [0.1, 0.15) is 0 Å². The Morgan fingerprint density at radius 1 is 1.20 bits per heavy atom. The Bertz CT molecular complexity index is 896. The monoisotopic (exact) mass is 368 g/mol. The zero-order valence-corrected chi connectivity index (χ0v) is 13.8. The number of anilines is 1. The topological polar surface area (TPSA) is 85.6 Å². The number of halogens is 3. The number of nitrogens with one attached hydrogen (secondary N) is 1. The van der Waals surface area contributed by atoms with E-state index in [1.807, 2.05) is 13.8 Å². The Morgan fingerprint density at radius 2 is 1.88 bits per heavy atom. The highest BCUT2D eigenvalue weighted by Crippen LogP contribution is 2.29. The lowest BCUT2D eigenvalue weighted by Crippen LogP contribution is -2.14. The van der Waals surface area contributed by atoms with E-state index in [9.17, 15) is 18.0 Å². The second kappa shape index (κ2) is 6.24. The maximum Gasteiger partial charge on any atom is 0.416 e. The summed E-state index contributed by atoms with van der Waals surface area (Å²) in [7, 11) is 0. The summed E-state index contributed by atoms with van der Waals surface area (Å²) in [6.07, 6.45) is -4.43. The first-order valence-electron chi connectivity index (χ1n) is 6.97. The van der Waals surface area contributed by atoms with Crippen molar-refractivity contribution in [1.29, 1.82) is 0 Å². The van der Waals surface area contributed by atoms with Crippen LogP contribution in [-0.4, -0.2) is 31.1 Å². The first-order chi connectivity index (χ1) is 11.7. The Morgan fingerprint density at radius 3 is 2.44 bits per heavy atom. The number of carbonyl (C=O) groups is 1. The number of hydrogen-bond acceptors (Lipinski definition) is 6. The van der Waals surface area contributed by atoms with Crippen LogP contribution in [0.4, 0.5) is 18.3 Å². The molecule has 0 aliphatic carbocycles.